The number of aryl methyl sites for hydroxylation is 1. The molecule has 0 saturated heterocycles. The fourth-order valence-electron chi connectivity index (χ4n) is 2.68. The Hall–Kier alpha value is -3.36. The standard InChI is InChI=1S/C22H22N4O3S/c1-17-5-11-21(12-6-17)30(28,29)26(2)16-18-7-9-20(10-8-18)22(27)25-24-15-19-4-3-13-23-14-19/h3-15H,16H2,1-2H3,(H,25,27)/b24-15+. The van der Waals surface area contributed by atoms with Crippen molar-refractivity contribution in [3.63, 3.8) is 0 Å². The van der Waals surface area contributed by atoms with Gasteiger partial charge in [0, 0.05) is 37.1 Å². The van der Waals surface area contributed by atoms with Gasteiger partial charge in [0.15, 0.2) is 0 Å². The van der Waals surface area contributed by atoms with Gasteiger partial charge in [-0.1, -0.05) is 35.9 Å². The van der Waals surface area contributed by atoms with Gasteiger partial charge in [-0.25, -0.2) is 13.8 Å². The number of hydrogen-bond donors (Lipinski definition) is 1. The molecule has 7 nitrogen and oxygen atoms in total. The van der Waals surface area contributed by atoms with Crippen molar-refractivity contribution in [1.29, 1.82) is 0 Å². The molecule has 1 amide bonds. The van der Waals surface area contributed by atoms with E-state index in [4.69, 9.17) is 0 Å². The first kappa shape index (κ1) is 21.4. The number of amides is 1. The van der Waals surface area contributed by atoms with Gasteiger partial charge in [-0.15, -0.1) is 0 Å². The maximum atomic E-state index is 12.7. The van der Waals surface area contributed by atoms with E-state index in [0.717, 1.165) is 16.7 Å². The van der Waals surface area contributed by atoms with Crippen molar-refractivity contribution in [3.05, 3.63) is 95.3 Å². The molecule has 1 aromatic heterocycles. The molecule has 8 heteroatoms. The third-order valence-electron chi connectivity index (χ3n) is 4.41. The topological polar surface area (TPSA) is 91.7 Å². The van der Waals surface area contributed by atoms with Crippen LogP contribution in [0.3, 0.4) is 0 Å². The lowest BCUT2D eigenvalue weighted by molar-refractivity contribution is 0.0955. The summed E-state index contributed by atoms with van der Waals surface area (Å²) in [6, 6.07) is 17.0. The lowest BCUT2D eigenvalue weighted by Crippen LogP contribution is -2.26. The molecule has 0 atom stereocenters. The largest absolute Gasteiger partial charge is 0.271 e. The number of rotatable bonds is 7. The third kappa shape index (κ3) is 5.37. The highest BCUT2D eigenvalue weighted by Gasteiger charge is 2.20. The predicted octanol–water partition coefficient (Wildman–Crippen LogP) is 2.97. The van der Waals surface area contributed by atoms with E-state index < -0.39 is 10.0 Å². The molecular formula is C22H22N4O3S. The number of carbonyl (C=O) groups is 1. The first-order chi connectivity index (χ1) is 14.4. The monoisotopic (exact) mass is 422 g/mol. The second kappa shape index (κ2) is 9.43. The van der Waals surface area contributed by atoms with Gasteiger partial charge >= 0.3 is 0 Å². The van der Waals surface area contributed by atoms with Crippen LogP contribution >= 0.6 is 0 Å². The third-order valence-corrected chi connectivity index (χ3v) is 6.23. The van der Waals surface area contributed by atoms with Crippen molar-refractivity contribution in [2.45, 2.75) is 18.4 Å². The lowest BCUT2D eigenvalue weighted by atomic mass is 10.1. The molecule has 0 aliphatic carbocycles. The fourth-order valence-corrected chi connectivity index (χ4v) is 3.84. The number of hydrogen-bond acceptors (Lipinski definition) is 5. The highest BCUT2D eigenvalue weighted by molar-refractivity contribution is 7.89. The van der Waals surface area contributed by atoms with Gasteiger partial charge in [-0.2, -0.15) is 9.41 Å². The normalized spacial score (nSPS) is 11.7. The Balaban J connectivity index is 1.61. The summed E-state index contributed by atoms with van der Waals surface area (Å²) in [5.74, 6) is -0.359. The molecule has 0 fully saturated rings. The second-order valence-electron chi connectivity index (χ2n) is 6.76. The van der Waals surface area contributed by atoms with Gasteiger partial charge in [0.25, 0.3) is 5.91 Å². The Morgan fingerprint density at radius 3 is 2.43 bits per heavy atom. The van der Waals surface area contributed by atoms with Gasteiger partial charge in [-0.05, 0) is 42.8 Å². The molecule has 0 radical (unpaired) electrons. The minimum Gasteiger partial charge on any atom is -0.267 e. The smallest absolute Gasteiger partial charge is 0.267 e. The van der Waals surface area contributed by atoms with E-state index in [1.807, 2.05) is 13.0 Å². The molecule has 0 spiro atoms. The predicted molar refractivity (Wildman–Crippen MR) is 116 cm³/mol. The lowest BCUT2D eigenvalue weighted by Gasteiger charge is -2.17. The quantitative estimate of drug-likeness (QED) is 0.468. The number of sulfonamides is 1. The number of aromatic nitrogens is 1. The van der Waals surface area contributed by atoms with E-state index in [1.165, 1.54) is 17.6 Å². The summed E-state index contributed by atoms with van der Waals surface area (Å²) in [5.41, 5.74) is 5.41. The van der Waals surface area contributed by atoms with Crippen LogP contribution in [0.5, 0.6) is 0 Å². The first-order valence-corrected chi connectivity index (χ1v) is 10.7. The molecule has 2 aromatic carbocycles. The van der Waals surface area contributed by atoms with Crippen molar-refractivity contribution in [2.24, 2.45) is 5.10 Å². The van der Waals surface area contributed by atoms with Crippen LogP contribution in [0, 0.1) is 6.92 Å². The van der Waals surface area contributed by atoms with Gasteiger partial charge < -0.3 is 0 Å². The Morgan fingerprint density at radius 2 is 1.80 bits per heavy atom. The molecular weight excluding hydrogens is 400 g/mol. The van der Waals surface area contributed by atoms with E-state index in [1.54, 1.807) is 67.0 Å². The summed E-state index contributed by atoms with van der Waals surface area (Å²) in [7, 11) is -2.06. The van der Waals surface area contributed by atoms with Gasteiger partial charge in [0.05, 0.1) is 11.1 Å². The summed E-state index contributed by atoms with van der Waals surface area (Å²) < 4.78 is 26.7. The Kier molecular flexibility index (Phi) is 6.71. The molecule has 3 rings (SSSR count). The number of pyridine rings is 1. The summed E-state index contributed by atoms with van der Waals surface area (Å²) in [4.78, 5) is 16.4. The van der Waals surface area contributed by atoms with Crippen LogP contribution in [0.2, 0.25) is 0 Å². The van der Waals surface area contributed by atoms with E-state index >= 15 is 0 Å². The number of hydrazone groups is 1. The van der Waals surface area contributed by atoms with Crippen LogP contribution in [0.4, 0.5) is 0 Å². The van der Waals surface area contributed by atoms with Crippen molar-refractivity contribution in [2.75, 3.05) is 7.05 Å². The Labute approximate surface area is 176 Å². The van der Waals surface area contributed by atoms with Crippen LogP contribution in [-0.2, 0) is 16.6 Å². The molecule has 1 heterocycles. The van der Waals surface area contributed by atoms with Crippen LogP contribution in [0.25, 0.3) is 0 Å². The van der Waals surface area contributed by atoms with Crippen LogP contribution in [-0.4, -0.2) is 36.9 Å². The molecule has 1 N–H and O–H groups in total. The van der Waals surface area contributed by atoms with Gasteiger partial charge in [0.2, 0.25) is 10.0 Å². The van der Waals surface area contributed by atoms with E-state index in [9.17, 15) is 13.2 Å². The number of nitrogens with one attached hydrogen (secondary N) is 1. The molecule has 154 valence electrons. The summed E-state index contributed by atoms with van der Waals surface area (Å²) in [6.45, 7) is 2.10. The van der Waals surface area contributed by atoms with Crippen molar-refractivity contribution in [3.8, 4) is 0 Å². The summed E-state index contributed by atoms with van der Waals surface area (Å²) >= 11 is 0. The molecule has 0 unspecified atom stereocenters. The fraction of sp³-hybridized carbons (Fsp3) is 0.136. The van der Waals surface area contributed by atoms with Gasteiger partial charge in [0.1, 0.15) is 0 Å². The average molecular weight is 423 g/mol. The molecule has 30 heavy (non-hydrogen) atoms. The maximum absolute atomic E-state index is 12.7. The highest BCUT2D eigenvalue weighted by atomic mass is 32.2. The minimum atomic E-state index is -3.59. The zero-order chi connectivity index (χ0) is 21.6. The summed E-state index contributed by atoms with van der Waals surface area (Å²) in [5, 5.41) is 3.91. The van der Waals surface area contributed by atoms with E-state index in [0.29, 0.717) is 5.56 Å². The molecule has 0 aliphatic heterocycles. The van der Waals surface area contributed by atoms with Crippen LogP contribution in [0.15, 0.2) is 83.1 Å². The zero-order valence-corrected chi connectivity index (χ0v) is 17.5. The maximum Gasteiger partial charge on any atom is 0.271 e. The molecule has 0 saturated carbocycles. The van der Waals surface area contributed by atoms with Crippen LogP contribution < -0.4 is 5.43 Å². The van der Waals surface area contributed by atoms with Crippen molar-refractivity contribution >= 4 is 22.1 Å². The summed E-state index contributed by atoms with van der Waals surface area (Å²) in [6.07, 6.45) is 4.79. The highest BCUT2D eigenvalue weighted by Crippen LogP contribution is 2.17. The SMILES string of the molecule is Cc1ccc(S(=O)(=O)N(C)Cc2ccc(C(=O)N/N=C/c3cccnc3)cc2)cc1. The number of nitrogens with zero attached hydrogens (tertiary/aromatic N) is 3. The first-order valence-electron chi connectivity index (χ1n) is 9.21. The molecule has 3 aromatic rings. The minimum absolute atomic E-state index is 0.192. The Morgan fingerprint density at radius 1 is 1.10 bits per heavy atom. The van der Waals surface area contributed by atoms with Crippen molar-refractivity contribution in [1.82, 2.24) is 14.7 Å². The second-order valence-corrected chi connectivity index (χ2v) is 8.80. The average Bonchev–Trinajstić information content (AvgIpc) is 2.75. The van der Waals surface area contributed by atoms with E-state index in [-0.39, 0.29) is 17.3 Å². The zero-order valence-electron chi connectivity index (χ0n) is 16.7. The molecule has 0 bridgehead atoms. The Bertz CT molecular complexity index is 1130. The molecule has 0 aliphatic rings. The number of benzene rings is 2. The van der Waals surface area contributed by atoms with E-state index in [2.05, 4.69) is 15.5 Å². The number of carbonyl (C=O) groups excluding carboxylic acids is 1. The van der Waals surface area contributed by atoms with Gasteiger partial charge in [-0.3, -0.25) is 9.78 Å². The van der Waals surface area contributed by atoms with Crippen molar-refractivity contribution < 1.29 is 13.2 Å². The van der Waals surface area contributed by atoms with Crippen LogP contribution in [0.1, 0.15) is 27.0 Å².